The van der Waals surface area contributed by atoms with E-state index in [9.17, 15) is 19.5 Å². The molecule has 2 N–H and O–H groups in total. The van der Waals surface area contributed by atoms with Crippen molar-refractivity contribution in [2.75, 3.05) is 13.1 Å². The molecule has 0 unspecified atom stereocenters. The van der Waals surface area contributed by atoms with E-state index in [2.05, 4.69) is 5.32 Å². The molecule has 1 fully saturated rings. The number of carboxylic acids is 1. The zero-order valence-electron chi connectivity index (χ0n) is 14.8. The zero-order chi connectivity index (χ0) is 18.4. The summed E-state index contributed by atoms with van der Waals surface area (Å²) in [4.78, 5) is 37.8. The van der Waals surface area contributed by atoms with Gasteiger partial charge in [0.2, 0.25) is 11.8 Å². The van der Waals surface area contributed by atoms with Crippen LogP contribution >= 0.6 is 0 Å². The lowest BCUT2D eigenvalue weighted by Gasteiger charge is -2.33. The molecule has 1 aromatic rings. The Balaban J connectivity index is 2.11. The number of aliphatic carboxylic acids is 1. The van der Waals surface area contributed by atoms with Gasteiger partial charge in [-0.3, -0.25) is 14.4 Å². The first-order valence-corrected chi connectivity index (χ1v) is 8.80. The van der Waals surface area contributed by atoms with Crippen LogP contribution in [0.2, 0.25) is 0 Å². The van der Waals surface area contributed by atoms with Crippen LogP contribution in [-0.4, -0.2) is 40.9 Å². The van der Waals surface area contributed by atoms with Crippen LogP contribution in [0.25, 0.3) is 0 Å². The van der Waals surface area contributed by atoms with Crippen LogP contribution < -0.4 is 5.32 Å². The van der Waals surface area contributed by atoms with Gasteiger partial charge >= 0.3 is 5.97 Å². The number of rotatable bonds is 6. The lowest BCUT2D eigenvalue weighted by molar-refractivity contribution is -0.142. The largest absolute Gasteiger partial charge is 0.481 e. The van der Waals surface area contributed by atoms with Crippen molar-refractivity contribution in [3.63, 3.8) is 0 Å². The molecule has 1 saturated heterocycles. The highest BCUT2D eigenvalue weighted by molar-refractivity contribution is 5.82. The van der Waals surface area contributed by atoms with E-state index in [0.717, 1.165) is 12.0 Å². The maximum atomic E-state index is 12.7. The Morgan fingerprint density at radius 1 is 1.28 bits per heavy atom. The molecule has 0 radical (unpaired) electrons. The summed E-state index contributed by atoms with van der Waals surface area (Å²) in [7, 11) is 0. The van der Waals surface area contributed by atoms with E-state index >= 15 is 0 Å². The van der Waals surface area contributed by atoms with Crippen molar-refractivity contribution in [3.05, 3.63) is 35.9 Å². The van der Waals surface area contributed by atoms with Crippen molar-refractivity contribution < 1.29 is 19.5 Å². The first-order valence-electron chi connectivity index (χ1n) is 8.80. The van der Waals surface area contributed by atoms with Crippen LogP contribution in [0, 0.1) is 11.8 Å². The number of carbonyl (C=O) groups excluding carboxylic acids is 2. The number of piperidine rings is 1. The van der Waals surface area contributed by atoms with Crippen molar-refractivity contribution in [2.24, 2.45) is 11.8 Å². The molecule has 0 aliphatic carbocycles. The molecular weight excluding hydrogens is 320 g/mol. The number of carbonyl (C=O) groups is 3. The Labute approximate surface area is 148 Å². The molecule has 136 valence electrons. The number of likely N-dealkylation sites (tertiary alicyclic amines) is 1. The molecule has 6 heteroatoms. The number of nitrogens with one attached hydrogen (secondary N) is 1. The predicted molar refractivity (Wildman–Crippen MR) is 93.7 cm³/mol. The third-order valence-corrected chi connectivity index (χ3v) is 4.79. The van der Waals surface area contributed by atoms with E-state index in [1.54, 1.807) is 11.8 Å². The maximum Gasteiger partial charge on any atom is 0.308 e. The summed E-state index contributed by atoms with van der Waals surface area (Å²) in [5, 5.41) is 12.3. The van der Waals surface area contributed by atoms with E-state index in [1.807, 2.05) is 37.3 Å². The molecule has 1 aliphatic heterocycles. The van der Waals surface area contributed by atoms with Crippen molar-refractivity contribution >= 4 is 17.8 Å². The standard InChI is InChI=1S/C19H26N2O4/c1-3-16(22)21-11-7-10-15(12-21)18(23)20-17(13(2)19(24)25)14-8-5-4-6-9-14/h4-6,8-9,13,15,17H,3,7,10-12H2,1-2H3,(H,20,23)(H,24,25)/t13-,15-,17+/m0/s1. The SMILES string of the molecule is CCC(=O)N1CCC[C@H](C(=O)N[C@@H](c2ccccc2)[C@H](C)C(=O)O)C1. The molecule has 0 saturated carbocycles. The van der Waals surface area contributed by atoms with E-state index in [-0.39, 0.29) is 17.7 Å². The van der Waals surface area contributed by atoms with Crippen LogP contribution in [0.4, 0.5) is 0 Å². The summed E-state index contributed by atoms with van der Waals surface area (Å²) in [5.41, 5.74) is 0.767. The van der Waals surface area contributed by atoms with Gasteiger partial charge in [0, 0.05) is 19.5 Å². The van der Waals surface area contributed by atoms with Gasteiger partial charge in [0.15, 0.2) is 0 Å². The molecule has 6 nitrogen and oxygen atoms in total. The highest BCUT2D eigenvalue weighted by atomic mass is 16.4. The molecule has 0 bridgehead atoms. The minimum Gasteiger partial charge on any atom is -0.481 e. The monoisotopic (exact) mass is 346 g/mol. The van der Waals surface area contributed by atoms with Crippen LogP contribution in [0.5, 0.6) is 0 Å². The Hall–Kier alpha value is -2.37. The van der Waals surface area contributed by atoms with Crippen molar-refractivity contribution in [1.82, 2.24) is 10.2 Å². The van der Waals surface area contributed by atoms with Crippen molar-refractivity contribution in [3.8, 4) is 0 Å². The quantitative estimate of drug-likeness (QED) is 0.827. The van der Waals surface area contributed by atoms with Gasteiger partial charge in [-0.25, -0.2) is 0 Å². The van der Waals surface area contributed by atoms with Gasteiger partial charge in [0.05, 0.1) is 17.9 Å². The Bertz CT molecular complexity index is 617. The normalized spacial score (nSPS) is 19.8. The number of hydrogen-bond donors (Lipinski definition) is 2. The molecule has 1 aliphatic rings. The molecule has 2 amide bonds. The Kier molecular flexibility index (Phi) is 6.56. The third-order valence-electron chi connectivity index (χ3n) is 4.79. The van der Waals surface area contributed by atoms with Crippen LogP contribution in [0.15, 0.2) is 30.3 Å². The van der Waals surface area contributed by atoms with E-state index < -0.39 is 17.9 Å². The fraction of sp³-hybridized carbons (Fsp3) is 0.526. The fourth-order valence-corrected chi connectivity index (χ4v) is 3.21. The fourth-order valence-electron chi connectivity index (χ4n) is 3.21. The zero-order valence-corrected chi connectivity index (χ0v) is 14.8. The number of amides is 2. The molecule has 2 rings (SSSR count). The first kappa shape index (κ1) is 19.0. The number of carboxylic acid groups (broad SMARTS) is 1. The summed E-state index contributed by atoms with van der Waals surface area (Å²) >= 11 is 0. The Morgan fingerprint density at radius 2 is 1.96 bits per heavy atom. The molecule has 0 aromatic heterocycles. The van der Waals surface area contributed by atoms with Gasteiger partial charge < -0.3 is 15.3 Å². The molecule has 1 heterocycles. The van der Waals surface area contributed by atoms with E-state index in [0.29, 0.717) is 25.9 Å². The topological polar surface area (TPSA) is 86.7 Å². The van der Waals surface area contributed by atoms with Gasteiger partial charge in [-0.15, -0.1) is 0 Å². The maximum absolute atomic E-state index is 12.7. The van der Waals surface area contributed by atoms with Crippen LogP contribution in [0.1, 0.15) is 44.7 Å². The van der Waals surface area contributed by atoms with Gasteiger partial charge in [-0.05, 0) is 25.3 Å². The summed E-state index contributed by atoms with van der Waals surface area (Å²) in [5.74, 6) is -2.13. The third kappa shape index (κ3) is 4.81. The average molecular weight is 346 g/mol. The molecule has 0 spiro atoms. The molecular formula is C19H26N2O4. The van der Waals surface area contributed by atoms with E-state index in [4.69, 9.17) is 0 Å². The smallest absolute Gasteiger partial charge is 0.308 e. The second kappa shape index (κ2) is 8.65. The van der Waals surface area contributed by atoms with E-state index in [1.165, 1.54) is 0 Å². The Morgan fingerprint density at radius 3 is 2.56 bits per heavy atom. The van der Waals surface area contributed by atoms with Crippen molar-refractivity contribution in [1.29, 1.82) is 0 Å². The number of nitrogens with zero attached hydrogens (tertiary/aromatic N) is 1. The summed E-state index contributed by atoms with van der Waals surface area (Å²) in [6.45, 7) is 4.49. The van der Waals surface area contributed by atoms with Gasteiger partial charge in [0.25, 0.3) is 0 Å². The van der Waals surface area contributed by atoms with Gasteiger partial charge in [-0.1, -0.05) is 37.3 Å². The number of hydrogen-bond acceptors (Lipinski definition) is 3. The second-order valence-corrected chi connectivity index (χ2v) is 6.56. The van der Waals surface area contributed by atoms with Gasteiger partial charge in [0.1, 0.15) is 0 Å². The highest BCUT2D eigenvalue weighted by Crippen LogP contribution is 2.24. The van der Waals surface area contributed by atoms with Crippen LogP contribution in [0.3, 0.4) is 0 Å². The first-order chi connectivity index (χ1) is 11.9. The lowest BCUT2D eigenvalue weighted by atomic mass is 9.92. The summed E-state index contributed by atoms with van der Waals surface area (Å²) in [6, 6.07) is 8.54. The minimum atomic E-state index is -0.958. The summed E-state index contributed by atoms with van der Waals surface area (Å²) < 4.78 is 0. The molecule has 3 atom stereocenters. The summed E-state index contributed by atoms with van der Waals surface area (Å²) in [6.07, 6.45) is 1.92. The van der Waals surface area contributed by atoms with Gasteiger partial charge in [-0.2, -0.15) is 0 Å². The van der Waals surface area contributed by atoms with Crippen molar-refractivity contribution in [2.45, 2.75) is 39.2 Å². The average Bonchev–Trinajstić information content (AvgIpc) is 2.65. The minimum absolute atomic E-state index is 0.0519. The lowest BCUT2D eigenvalue weighted by Crippen LogP contribution is -2.47. The molecule has 25 heavy (non-hydrogen) atoms. The molecule has 1 aromatic carbocycles. The van der Waals surface area contributed by atoms with Crippen LogP contribution in [-0.2, 0) is 14.4 Å². The predicted octanol–water partition coefficient (Wildman–Crippen LogP) is 2.21. The second-order valence-electron chi connectivity index (χ2n) is 6.56. The number of benzene rings is 1. The highest BCUT2D eigenvalue weighted by Gasteiger charge is 2.32.